The Balaban J connectivity index is 1.77. The van der Waals surface area contributed by atoms with Gasteiger partial charge in [-0.3, -0.25) is 15.1 Å². The second-order valence-electron chi connectivity index (χ2n) is 4.29. The molecule has 0 saturated heterocycles. The Morgan fingerprint density at radius 1 is 1.38 bits per heavy atom. The van der Waals surface area contributed by atoms with Crippen molar-refractivity contribution in [3.63, 3.8) is 0 Å². The molecule has 21 heavy (non-hydrogen) atoms. The van der Waals surface area contributed by atoms with Crippen molar-refractivity contribution < 1.29 is 9.21 Å². The number of hydrogen-bond donors (Lipinski definition) is 1. The number of thiazole rings is 1. The molecule has 1 amide bonds. The second-order valence-corrected chi connectivity index (χ2v) is 6.07. The van der Waals surface area contributed by atoms with E-state index in [1.165, 1.54) is 17.5 Å². The summed E-state index contributed by atoms with van der Waals surface area (Å²) < 4.78 is 6.25. The van der Waals surface area contributed by atoms with Crippen molar-refractivity contribution in [2.45, 2.75) is 6.92 Å². The molecule has 1 N–H and O–H groups in total. The number of carbonyl (C=O) groups excluding carboxylic acids is 1. The molecule has 0 atom stereocenters. The molecular weight excluding hydrogens is 354 g/mol. The van der Waals surface area contributed by atoms with E-state index in [0.717, 1.165) is 10.2 Å². The largest absolute Gasteiger partial charge is 0.460 e. The Bertz CT molecular complexity index is 797. The van der Waals surface area contributed by atoms with Gasteiger partial charge < -0.3 is 4.42 Å². The van der Waals surface area contributed by atoms with Crippen molar-refractivity contribution in [1.29, 1.82) is 0 Å². The molecular formula is C14H10BrN3O2S. The molecule has 7 heteroatoms. The molecule has 0 bridgehead atoms. The Morgan fingerprint density at radius 2 is 2.24 bits per heavy atom. The Morgan fingerprint density at radius 3 is 2.95 bits per heavy atom. The third-order valence-electron chi connectivity index (χ3n) is 2.68. The Hall–Kier alpha value is -1.99. The third-order valence-corrected chi connectivity index (χ3v) is 3.88. The van der Waals surface area contributed by atoms with Crippen molar-refractivity contribution in [2.24, 2.45) is 0 Å². The highest BCUT2D eigenvalue weighted by molar-refractivity contribution is 9.10. The first-order chi connectivity index (χ1) is 10.1. The Labute approximate surface area is 133 Å². The molecule has 0 aliphatic rings. The normalized spacial score (nSPS) is 10.6. The smallest absolute Gasteiger partial charge is 0.259 e. The minimum Gasteiger partial charge on any atom is -0.460 e. The quantitative estimate of drug-likeness (QED) is 0.759. The first-order valence-corrected chi connectivity index (χ1v) is 7.73. The monoisotopic (exact) mass is 363 g/mol. The van der Waals surface area contributed by atoms with Crippen molar-refractivity contribution >= 4 is 38.3 Å². The molecule has 0 aromatic carbocycles. The fraction of sp³-hybridized carbons (Fsp3) is 0.0714. The topological polar surface area (TPSA) is 68.0 Å². The van der Waals surface area contributed by atoms with E-state index in [0.29, 0.717) is 22.1 Å². The van der Waals surface area contributed by atoms with Crippen LogP contribution in [0.1, 0.15) is 16.1 Å². The summed E-state index contributed by atoms with van der Waals surface area (Å²) in [6, 6.07) is 5.43. The van der Waals surface area contributed by atoms with E-state index in [1.54, 1.807) is 12.3 Å². The molecule has 5 nitrogen and oxygen atoms in total. The van der Waals surface area contributed by atoms with Gasteiger partial charge in [-0.05, 0) is 41.1 Å². The maximum absolute atomic E-state index is 12.1. The van der Waals surface area contributed by atoms with E-state index >= 15 is 0 Å². The van der Waals surface area contributed by atoms with Gasteiger partial charge >= 0.3 is 0 Å². The molecule has 0 spiro atoms. The molecule has 0 aliphatic carbocycles. The van der Waals surface area contributed by atoms with Gasteiger partial charge in [0.1, 0.15) is 11.5 Å². The summed E-state index contributed by atoms with van der Waals surface area (Å²) in [6.45, 7) is 1.87. The molecule has 3 heterocycles. The lowest BCUT2D eigenvalue weighted by atomic mass is 10.3. The zero-order valence-electron chi connectivity index (χ0n) is 11.0. The SMILES string of the molecule is Cc1ccc(-c2csc(NC(=O)c3cncc(Br)c3)n2)o1. The van der Waals surface area contributed by atoms with Crippen molar-refractivity contribution in [1.82, 2.24) is 9.97 Å². The molecule has 0 fully saturated rings. The number of aromatic nitrogens is 2. The van der Waals surface area contributed by atoms with Crippen LogP contribution in [0.15, 0.2) is 44.9 Å². The number of aryl methyl sites for hydroxylation is 1. The minimum absolute atomic E-state index is 0.250. The van der Waals surface area contributed by atoms with Crippen molar-refractivity contribution in [3.05, 3.63) is 51.8 Å². The maximum atomic E-state index is 12.1. The number of hydrogen-bond acceptors (Lipinski definition) is 5. The second kappa shape index (κ2) is 5.79. The highest BCUT2D eigenvalue weighted by Gasteiger charge is 2.12. The van der Waals surface area contributed by atoms with E-state index in [1.807, 2.05) is 24.4 Å². The number of carbonyl (C=O) groups is 1. The number of amides is 1. The number of halogens is 1. The average molecular weight is 364 g/mol. The first-order valence-electron chi connectivity index (χ1n) is 6.06. The molecule has 106 valence electrons. The summed E-state index contributed by atoms with van der Waals surface area (Å²) in [4.78, 5) is 20.4. The van der Waals surface area contributed by atoms with Crippen LogP contribution in [-0.2, 0) is 0 Å². The average Bonchev–Trinajstić information content (AvgIpc) is 3.07. The summed E-state index contributed by atoms with van der Waals surface area (Å²) in [5.41, 5.74) is 1.17. The zero-order valence-corrected chi connectivity index (χ0v) is 13.4. The van der Waals surface area contributed by atoms with Crippen molar-refractivity contribution in [2.75, 3.05) is 5.32 Å². The number of nitrogens with zero attached hydrogens (tertiary/aromatic N) is 2. The molecule has 0 radical (unpaired) electrons. The van der Waals surface area contributed by atoms with E-state index in [2.05, 4.69) is 31.2 Å². The van der Waals surface area contributed by atoms with E-state index < -0.39 is 0 Å². The zero-order chi connectivity index (χ0) is 14.8. The molecule has 3 aromatic heterocycles. The van der Waals surface area contributed by atoms with E-state index in [9.17, 15) is 4.79 Å². The fourth-order valence-electron chi connectivity index (χ4n) is 1.72. The number of anilines is 1. The lowest BCUT2D eigenvalue weighted by Gasteiger charge is -2.01. The number of furan rings is 1. The standard InChI is InChI=1S/C14H10BrN3O2S/c1-8-2-3-12(20-8)11-7-21-14(17-11)18-13(19)9-4-10(15)6-16-5-9/h2-7H,1H3,(H,17,18,19). The van der Waals surface area contributed by atoms with E-state index in [4.69, 9.17) is 4.42 Å². The van der Waals surface area contributed by atoms with Gasteiger partial charge in [0.15, 0.2) is 10.9 Å². The highest BCUT2D eigenvalue weighted by atomic mass is 79.9. The van der Waals surface area contributed by atoms with Crippen LogP contribution < -0.4 is 5.32 Å². The maximum Gasteiger partial charge on any atom is 0.259 e. The van der Waals surface area contributed by atoms with Crippen LogP contribution >= 0.6 is 27.3 Å². The number of rotatable bonds is 3. The Kier molecular flexibility index (Phi) is 3.85. The molecule has 0 saturated carbocycles. The molecule has 3 aromatic rings. The van der Waals surface area contributed by atoms with Crippen LogP contribution in [0.3, 0.4) is 0 Å². The van der Waals surface area contributed by atoms with Crippen LogP contribution in [0.5, 0.6) is 0 Å². The van der Waals surface area contributed by atoms with Crippen molar-refractivity contribution in [3.8, 4) is 11.5 Å². The van der Waals surface area contributed by atoms with Gasteiger partial charge in [-0.15, -0.1) is 11.3 Å². The first kappa shape index (κ1) is 14.0. The predicted molar refractivity (Wildman–Crippen MR) is 84.4 cm³/mol. The summed E-state index contributed by atoms with van der Waals surface area (Å²) in [6.07, 6.45) is 3.13. The molecule has 0 aliphatic heterocycles. The van der Waals surface area contributed by atoms with Crippen LogP contribution in [0.2, 0.25) is 0 Å². The van der Waals surface area contributed by atoms with Crippen LogP contribution in [0.25, 0.3) is 11.5 Å². The van der Waals surface area contributed by atoms with Gasteiger partial charge in [-0.25, -0.2) is 4.98 Å². The van der Waals surface area contributed by atoms with Gasteiger partial charge in [0, 0.05) is 22.2 Å². The molecule has 3 rings (SSSR count). The summed E-state index contributed by atoms with van der Waals surface area (Å²) in [7, 11) is 0. The van der Waals surface area contributed by atoms with Gasteiger partial charge in [0.05, 0.1) is 5.56 Å². The summed E-state index contributed by atoms with van der Waals surface area (Å²) in [5.74, 6) is 1.26. The predicted octanol–water partition coefficient (Wildman–Crippen LogP) is 4.12. The van der Waals surface area contributed by atoms with Crippen LogP contribution in [0.4, 0.5) is 5.13 Å². The number of nitrogens with one attached hydrogen (secondary N) is 1. The van der Waals surface area contributed by atoms with Crippen LogP contribution in [-0.4, -0.2) is 15.9 Å². The van der Waals surface area contributed by atoms with Gasteiger partial charge in [0.25, 0.3) is 5.91 Å². The van der Waals surface area contributed by atoms with E-state index in [-0.39, 0.29) is 5.91 Å². The molecule has 0 unspecified atom stereocenters. The lowest BCUT2D eigenvalue weighted by Crippen LogP contribution is -2.11. The third kappa shape index (κ3) is 3.20. The van der Waals surface area contributed by atoms with Crippen LogP contribution in [0, 0.1) is 6.92 Å². The van der Waals surface area contributed by atoms with Gasteiger partial charge in [0.2, 0.25) is 0 Å². The highest BCUT2D eigenvalue weighted by Crippen LogP contribution is 2.26. The minimum atomic E-state index is -0.250. The summed E-state index contributed by atoms with van der Waals surface area (Å²) >= 11 is 4.63. The summed E-state index contributed by atoms with van der Waals surface area (Å²) in [5, 5.41) is 5.11. The number of pyridine rings is 1. The van der Waals surface area contributed by atoms with Gasteiger partial charge in [-0.1, -0.05) is 0 Å². The lowest BCUT2D eigenvalue weighted by molar-refractivity contribution is 0.102. The fourth-order valence-corrected chi connectivity index (χ4v) is 2.78. The van der Waals surface area contributed by atoms with Gasteiger partial charge in [-0.2, -0.15) is 0 Å².